The van der Waals surface area contributed by atoms with Gasteiger partial charge in [0.05, 0.1) is 45.2 Å². The molecule has 0 unspecified atom stereocenters. The first kappa shape index (κ1) is 36.0. The molecule has 34 heavy (non-hydrogen) atoms. The van der Waals surface area contributed by atoms with Crippen LogP contribution in [0.3, 0.4) is 0 Å². The van der Waals surface area contributed by atoms with E-state index in [0.717, 1.165) is 32.1 Å². The summed E-state index contributed by atoms with van der Waals surface area (Å²) in [4.78, 5) is 0. The Bertz CT molecular complexity index is 478. The van der Waals surface area contributed by atoms with Crippen molar-refractivity contribution in [1.82, 2.24) is 0 Å². The SMILES string of the molecule is CCCCCCCCCCCCCOS(=O)(=O)CCCCCCCF.CC[N+](CC)(CC)CC. The maximum Gasteiger partial charge on any atom is 0.267 e. The lowest BCUT2D eigenvalue weighted by atomic mass is 10.1. The second kappa shape index (κ2) is 25.9. The second-order valence-electron chi connectivity index (χ2n) is 9.68. The molecule has 0 aromatic heterocycles. The number of halogens is 1. The summed E-state index contributed by atoms with van der Waals surface area (Å²) in [5.41, 5.74) is 0. The van der Waals surface area contributed by atoms with Crippen LogP contribution in [-0.2, 0) is 14.3 Å². The van der Waals surface area contributed by atoms with Gasteiger partial charge in [0.15, 0.2) is 0 Å². The minimum atomic E-state index is -3.36. The summed E-state index contributed by atoms with van der Waals surface area (Å²) >= 11 is 0. The highest BCUT2D eigenvalue weighted by Crippen LogP contribution is 2.12. The van der Waals surface area contributed by atoms with Crippen molar-refractivity contribution >= 4 is 10.1 Å². The Morgan fingerprint density at radius 2 is 0.941 bits per heavy atom. The smallest absolute Gasteiger partial charge is 0.267 e. The Kier molecular flexibility index (Phi) is 27.4. The zero-order valence-corrected chi connectivity index (χ0v) is 24.5. The molecule has 0 bridgehead atoms. The Balaban J connectivity index is 0. The standard InChI is InChI=1S/C20H41FO3S.C8H20N/c1-2-3-4-5-6-7-8-9-10-13-16-19-24-25(22,23)20-17-14-11-12-15-18-21;1-5-9(6-2,7-3)8-4/h2-20H2,1H3;5-8H2,1-4H3/q;+1. The predicted octanol–water partition coefficient (Wildman–Crippen LogP) is 8.45. The van der Waals surface area contributed by atoms with Crippen LogP contribution in [0.5, 0.6) is 0 Å². The van der Waals surface area contributed by atoms with Crippen LogP contribution in [0.1, 0.15) is 137 Å². The van der Waals surface area contributed by atoms with Crippen LogP contribution in [0.4, 0.5) is 4.39 Å². The van der Waals surface area contributed by atoms with E-state index in [-0.39, 0.29) is 12.4 Å². The minimum Gasteiger partial charge on any atom is -0.325 e. The largest absolute Gasteiger partial charge is 0.325 e. The number of hydrogen-bond donors (Lipinski definition) is 0. The molecule has 0 aliphatic heterocycles. The van der Waals surface area contributed by atoms with Gasteiger partial charge in [0, 0.05) is 0 Å². The Morgan fingerprint density at radius 1 is 0.559 bits per heavy atom. The Morgan fingerprint density at radius 3 is 1.32 bits per heavy atom. The maximum atomic E-state index is 11.9. The van der Waals surface area contributed by atoms with E-state index in [0.29, 0.717) is 19.4 Å². The third-order valence-electron chi connectivity index (χ3n) is 7.22. The molecule has 208 valence electrons. The zero-order chi connectivity index (χ0) is 26.0. The van der Waals surface area contributed by atoms with Gasteiger partial charge in [-0.05, 0) is 47.0 Å². The van der Waals surface area contributed by atoms with Gasteiger partial charge in [-0.2, -0.15) is 8.42 Å². The molecule has 0 atom stereocenters. The van der Waals surface area contributed by atoms with Gasteiger partial charge in [-0.1, -0.05) is 90.4 Å². The quantitative estimate of drug-likeness (QED) is 0.0743. The maximum absolute atomic E-state index is 11.9. The first-order chi connectivity index (χ1) is 16.4. The molecule has 0 aromatic carbocycles. The molecular weight excluding hydrogens is 449 g/mol. The molecule has 0 fully saturated rings. The summed E-state index contributed by atoms with van der Waals surface area (Å²) in [5.74, 6) is 0.0979. The summed E-state index contributed by atoms with van der Waals surface area (Å²) in [6, 6.07) is 0. The fourth-order valence-corrected chi connectivity index (χ4v) is 5.30. The molecule has 0 spiro atoms. The Labute approximate surface area is 214 Å². The van der Waals surface area contributed by atoms with E-state index < -0.39 is 10.1 Å². The van der Waals surface area contributed by atoms with Crippen molar-refractivity contribution in [2.75, 3.05) is 45.2 Å². The number of rotatable bonds is 24. The summed E-state index contributed by atoms with van der Waals surface area (Å²) in [5, 5.41) is 0. The molecule has 0 aliphatic carbocycles. The van der Waals surface area contributed by atoms with Gasteiger partial charge in [-0.15, -0.1) is 0 Å². The summed E-state index contributed by atoms with van der Waals surface area (Å²) in [6.07, 6.45) is 17.5. The van der Waals surface area contributed by atoms with Crippen LogP contribution in [0, 0.1) is 0 Å². The lowest BCUT2D eigenvalue weighted by Crippen LogP contribution is -2.47. The normalized spacial score (nSPS) is 11.9. The van der Waals surface area contributed by atoms with Crippen molar-refractivity contribution < 1.29 is 21.5 Å². The van der Waals surface area contributed by atoms with Crippen molar-refractivity contribution in [1.29, 1.82) is 0 Å². The van der Waals surface area contributed by atoms with Gasteiger partial charge in [-0.25, -0.2) is 0 Å². The zero-order valence-electron chi connectivity index (χ0n) is 23.7. The average Bonchev–Trinajstić information content (AvgIpc) is 2.84. The van der Waals surface area contributed by atoms with Crippen LogP contribution >= 0.6 is 0 Å². The molecule has 0 radical (unpaired) electrons. The first-order valence-corrected chi connectivity index (χ1v) is 16.2. The van der Waals surface area contributed by atoms with Crippen LogP contribution in [-0.4, -0.2) is 58.1 Å². The highest BCUT2D eigenvalue weighted by molar-refractivity contribution is 7.86. The van der Waals surface area contributed by atoms with E-state index in [4.69, 9.17) is 4.18 Å². The van der Waals surface area contributed by atoms with Gasteiger partial charge in [0.25, 0.3) is 10.1 Å². The van der Waals surface area contributed by atoms with Crippen molar-refractivity contribution in [3.05, 3.63) is 0 Å². The van der Waals surface area contributed by atoms with E-state index in [9.17, 15) is 12.8 Å². The number of nitrogens with zero attached hydrogens (tertiary/aromatic N) is 1. The van der Waals surface area contributed by atoms with Gasteiger partial charge < -0.3 is 4.48 Å². The molecule has 6 heteroatoms. The third-order valence-corrected chi connectivity index (χ3v) is 8.54. The van der Waals surface area contributed by atoms with Crippen LogP contribution in [0.15, 0.2) is 0 Å². The van der Waals surface area contributed by atoms with Crippen molar-refractivity contribution in [3.8, 4) is 0 Å². The molecule has 0 N–H and O–H groups in total. The highest BCUT2D eigenvalue weighted by Gasteiger charge is 2.16. The lowest BCUT2D eigenvalue weighted by molar-refractivity contribution is -0.921. The van der Waals surface area contributed by atoms with Crippen LogP contribution in [0.25, 0.3) is 0 Å². The lowest BCUT2D eigenvalue weighted by Gasteiger charge is -2.34. The van der Waals surface area contributed by atoms with Gasteiger partial charge in [0.2, 0.25) is 0 Å². The topological polar surface area (TPSA) is 43.4 Å². The monoisotopic (exact) mass is 510 g/mol. The molecule has 0 heterocycles. The molecule has 0 amide bonds. The number of alkyl halides is 1. The number of unbranched alkanes of at least 4 members (excludes halogenated alkanes) is 14. The molecule has 0 aromatic rings. The Hall–Kier alpha value is -0.200. The highest BCUT2D eigenvalue weighted by atomic mass is 32.2. The predicted molar refractivity (Wildman–Crippen MR) is 148 cm³/mol. The van der Waals surface area contributed by atoms with E-state index in [2.05, 4.69) is 34.6 Å². The second-order valence-corrected chi connectivity index (χ2v) is 11.4. The van der Waals surface area contributed by atoms with Gasteiger partial charge in [-0.3, -0.25) is 8.57 Å². The molecular formula is C28H61FNO3S+. The van der Waals surface area contributed by atoms with Gasteiger partial charge in [0.1, 0.15) is 0 Å². The first-order valence-electron chi connectivity index (χ1n) is 14.6. The summed E-state index contributed by atoms with van der Waals surface area (Å²) < 4.78 is 41.7. The minimum absolute atomic E-state index is 0.0979. The van der Waals surface area contributed by atoms with Crippen molar-refractivity contribution in [2.24, 2.45) is 0 Å². The third kappa shape index (κ3) is 23.5. The number of hydrogen-bond acceptors (Lipinski definition) is 3. The van der Waals surface area contributed by atoms with Crippen LogP contribution in [0.2, 0.25) is 0 Å². The molecule has 0 rings (SSSR count). The van der Waals surface area contributed by atoms with E-state index >= 15 is 0 Å². The van der Waals surface area contributed by atoms with E-state index in [1.807, 2.05) is 0 Å². The fraction of sp³-hybridized carbons (Fsp3) is 1.00. The number of quaternary nitrogens is 1. The van der Waals surface area contributed by atoms with Crippen LogP contribution < -0.4 is 0 Å². The summed E-state index contributed by atoms with van der Waals surface area (Å²) in [6.45, 7) is 16.5. The molecule has 0 aliphatic rings. The van der Waals surface area contributed by atoms with Crippen molar-refractivity contribution in [2.45, 2.75) is 137 Å². The average molecular weight is 511 g/mol. The molecule has 0 saturated carbocycles. The van der Waals surface area contributed by atoms with Gasteiger partial charge >= 0.3 is 0 Å². The molecule has 4 nitrogen and oxygen atoms in total. The van der Waals surface area contributed by atoms with E-state index in [1.54, 1.807) is 0 Å². The molecule has 0 saturated heterocycles. The van der Waals surface area contributed by atoms with E-state index in [1.165, 1.54) is 88.4 Å². The van der Waals surface area contributed by atoms with Crippen molar-refractivity contribution in [3.63, 3.8) is 0 Å². The fourth-order valence-electron chi connectivity index (χ4n) is 4.26. The summed E-state index contributed by atoms with van der Waals surface area (Å²) in [7, 11) is -3.36.